The van der Waals surface area contributed by atoms with Crippen molar-refractivity contribution in [3.05, 3.63) is 136 Å². The summed E-state index contributed by atoms with van der Waals surface area (Å²) < 4.78 is 14.1. The van der Waals surface area contributed by atoms with Crippen LogP contribution in [-0.2, 0) is 25.7 Å². The summed E-state index contributed by atoms with van der Waals surface area (Å²) in [5.41, 5.74) is 23.4. The Bertz CT molecular complexity index is 2340. The van der Waals surface area contributed by atoms with Crippen LogP contribution in [0.15, 0.2) is 91.0 Å². The van der Waals surface area contributed by atoms with Gasteiger partial charge in [-0.15, -0.1) is 0 Å². The van der Waals surface area contributed by atoms with Crippen LogP contribution in [0.2, 0.25) is 0 Å². The van der Waals surface area contributed by atoms with E-state index in [4.69, 9.17) is 9.47 Å². The standard InChI is InChI=1S/C40H23BO2/c1-4-10-24-21(8-1)14-27-29(24)18-34-37-31(27)17-32-28-15-22-9-2-5-11-25(22)30(28)19-35-38(32)41(37)39-33(42-34)16-23-13-20-7-3-6-12-26(20)36(23)40(39)43-35/h1-12,16,18-19H,13-15,17H2. The third kappa shape index (κ3) is 2.45. The smallest absolute Gasteiger partial charge is 0.261 e. The topological polar surface area (TPSA) is 18.5 Å². The van der Waals surface area contributed by atoms with Crippen LogP contribution in [0.1, 0.15) is 44.5 Å². The first-order chi connectivity index (χ1) is 21.3. The Morgan fingerprint density at radius 3 is 1.60 bits per heavy atom. The summed E-state index contributed by atoms with van der Waals surface area (Å²) in [6, 6.07) is 33.8. The molecule has 0 saturated carbocycles. The van der Waals surface area contributed by atoms with Gasteiger partial charge in [0.15, 0.2) is 0 Å². The monoisotopic (exact) mass is 546 g/mol. The van der Waals surface area contributed by atoms with Crippen molar-refractivity contribution in [1.82, 2.24) is 0 Å². The molecule has 0 atom stereocenters. The predicted molar refractivity (Wildman–Crippen MR) is 172 cm³/mol. The first kappa shape index (κ1) is 21.7. The lowest BCUT2D eigenvalue weighted by Gasteiger charge is -2.40. The maximum atomic E-state index is 7.15. The molecule has 3 aliphatic carbocycles. The quantitative estimate of drug-likeness (QED) is 0.190. The molecular formula is C40H23BO2. The Kier molecular flexibility index (Phi) is 3.59. The molecule has 6 aromatic rings. The largest absolute Gasteiger partial charge is 0.458 e. The third-order valence-corrected chi connectivity index (χ3v) is 11.1. The van der Waals surface area contributed by atoms with Crippen molar-refractivity contribution < 1.29 is 9.47 Å². The average molecular weight is 546 g/mol. The Morgan fingerprint density at radius 2 is 0.953 bits per heavy atom. The zero-order chi connectivity index (χ0) is 27.6. The molecule has 6 aliphatic rings. The molecule has 0 amide bonds. The van der Waals surface area contributed by atoms with E-state index >= 15 is 0 Å². The van der Waals surface area contributed by atoms with E-state index in [0.717, 1.165) is 48.7 Å². The number of ether oxygens (including phenoxy) is 2. The van der Waals surface area contributed by atoms with Gasteiger partial charge in [0.05, 0.1) is 0 Å². The third-order valence-electron chi connectivity index (χ3n) is 11.1. The lowest BCUT2D eigenvalue weighted by Crippen LogP contribution is -2.62. The van der Waals surface area contributed by atoms with E-state index in [-0.39, 0.29) is 6.71 Å². The van der Waals surface area contributed by atoms with Gasteiger partial charge in [0.25, 0.3) is 6.71 Å². The normalized spacial score (nSPS) is 15.4. The Balaban J connectivity index is 1.21. The van der Waals surface area contributed by atoms with Crippen molar-refractivity contribution in [2.45, 2.75) is 25.7 Å². The summed E-state index contributed by atoms with van der Waals surface area (Å²) in [6.07, 6.45) is 3.83. The van der Waals surface area contributed by atoms with E-state index in [1.165, 1.54) is 94.3 Å². The molecule has 3 aliphatic heterocycles. The van der Waals surface area contributed by atoms with Crippen molar-refractivity contribution >= 4 is 23.1 Å². The molecule has 2 nitrogen and oxygen atoms in total. The van der Waals surface area contributed by atoms with Crippen LogP contribution < -0.4 is 25.9 Å². The first-order valence-electron chi connectivity index (χ1n) is 15.5. The van der Waals surface area contributed by atoms with Crippen LogP contribution in [0.5, 0.6) is 23.0 Å². The van der Waals surface area contributed by atoms with E-state index < -0.39 is 0 Å². The van der Waals surface area contributed by atoms with E-state index in [0.29, 0.717) is 0 Å². The molecule has 198 valence electrons. The zero-order valence-electron chi connectivity index (χ0n) is 23.4. The highest BCUT2D eigenvalue weighted by Crippen LogP contribution is 2.52. The second-order valence-corrected chi connectivity index (χ2v) is 13.1. The van der Waals surface area contributed by atoms with Crippen molar-refractivity contribution in [2.24, 2.45) is 0 Å². The van der Waals surface area contributed by atoms with Gasteiger partial charge in [-0.3, -0.25) is 0 Å². The molecular weight excluding hydrogens is 523 g/mol. The SMILES string of the molecule is c1ccc2c(c1)Cc1c-2cc2c3c1Cc1c4c(cc5c1B3c1c(cc3c(c1O5)-c1ccccc1C3)O2)-c1ccccc1C4. The molecule has 0 aromatic heterocycles. The Hall–Kier alpha value is -5.02. The molecule has 0 fully saturated rings. The second-order valence-electron chi connectivity index (χ2n) is 13.1. The molecule has 3 heteroatoms. The predicted octanol–water partition coefficient (Wildman–Crippen LogP) is 7.03. The maximum absolute atomic E-state index is 7.15. The summed E-state index contributed by atoms with van der Waals surface area (Å²) in [4.78, 5) is 0. The maximum Gasteiger partial charge on any atom is 0.261 e. The van der Waals surface area contributed by atoms with E-state index in [9.17, 15) is 0 Å². The van der Waals surface area contributed by atoms with Gasteiger partial charge in [-0.1, -0.05) is 72.8 Å². The van der Waals surface area contributed by atoms with Gasteiger partial charge < -0.3 is 9.47 Å². The number of benzene rings is 6. The molecule has 6 aromatic carbocycles. The Morgan fingerprint density at radius 1 is 0.419 bits per heavy atom. The van der Waals surface area contributed by atoms with Crippen LogP contribution in [0.25, 0.3) is 33.4 Å². The lowest BCUT2D eigenvalue weighted by atomic mass is 9.31. The van der Waals surface area contributed by atoms with Crippen molar-refractivity contribution in [1.29, 1.82) is 0 Å². The average Bonchev–Trinajstić information content (AvgIpc) is 3.72. The van der Waals surface area contributed by atoms with Crippen LogP contribution in [0.4, 0.5) is 0 Å². The highest BCUT2D eigenvalue weighted by Gasteiger charge is 2.49. The molecule has 0 bridgehead atoms. The van der Waals surface area contributed by atoms with Crippen LogP contribution in [-0.4, -0.2) is 6.71 Å². The molecule has 0 spiro atoms. The minimum absolute atomic E-state index is 0.123. The summed E-state index contributed by atoms with van der Waals surface area (Å²) in [7, 11) is 0. The molecule has 12 rings (SSSR count). The molecule has 0 radical (unpaired) electrons. The zero-order valence-corrected chi connectivity index (χ0v) is 23.4. The Labute approximate surface area is 249 Å². The van der Waals surface area contributed by atoms with Crippen molar-refractivity contribution in [3.63, 3.8) is 0 Å². The fourth-order valence-electron chi connectivity index (χ4n) is 9.45. The minimum atomic E-state index is 0.123. The van der Waals surface area contributed by atoms with E-state index in [1.807, 2.05) is 0 Å². The van der Waals surface area contributed by atoms with Crippen LogP contribution in [0.3, 0.4) is 0 Å². The number of fused-ring (bicyclic) bond motifs is 12. The fourth-order valence-corrected chi connectivity index (χ4v) is 9.45. The summed E-state index contributed by atoms with van der Waals surface area (Å²) in [5.74, 6) is 4.05. The fraction of sp³-hybridized carbons (Fsp3) is 0.100. The highest BCUT2D eigenvalue weighted by atomic mass is 16.5. The van der Waals surface area contributed by atoms with Gasteiger partial charge >= 0.3 is 0 Å². The van der Waals surface area contributed by atoms with Crippen LogP contribution >= 0.6 is 0 Å². The van der Waals surface area contributed by atoms with Crippen molar-refractivity contribution in [3.8, 4) is 56.4 Å². The molecule has 43 heavy (non-hydrogen) atoms. The van der Waals surface area contributed by atoms with Crippen LogP contribution in [0, 0.1) is 0 Å². The van der Waals surface area contributed by atoms with Gasteiger partial charge in [0.1, 0.15) is 23.0 Å². The van der Waals surface area contributed by atoms with Gasteiger partial charge in [-0.25, -0.2) is 0 Å². The van der Waals surface area contributed by atoms with Crippen molar-refractivity contribution in [2.75, 3.05) is 0 Å². The molecule has 0 saturated heterocycles. The summed E-state index contributed by atoms with van der Waals surface area (Å²) in [6.45, 7) is 0.123. The van der Waals surface area contributed by atoms with Gasteiger partial charge in [-0.05, 0) is 127 Å². The highest BCUT2D eigenvalue weighted by molar-refractivity contribution is 6.99. The number of hydrogen-bond acceptors (Lipinski definition) is 2. The second kappa shape index (κ2) is 7.13. The minimum Gasteiger partial charge on any atom is -0.458 e. The molecule has 0 N–H and O–H groups in total. The number of hydrogen-bond donors (Lipinski definition) is 0. The van der Waals surface area contributed by atoms with E-state index in [1.54, 1.807) is 0 Å². The first-order valence-corrected chi connectivity index (χ1v) is 15.5. The van der Waals surface area contributed by atoms with Gasteiger partial charge in [0.2, 0.25) is 0 Å². The molecule has 3 heterocycles. The van der Waals surface area contributed by atoms with E-state index in [2.05, 4.69) is 91.0 Å². The van der Waals surface area contributed by atoms with Gasteiger partial charge in [0, 0.05) is 11.0 Å². The van der Waals surface area contributed by atoms with Gasteiger partial charge in [-0.2, -0.15) is 0 Å². The lowest BCUT2D eigenvalue weighted by molar-refractivity contribution is 0.464. The molecule has 0 unspecified atom stereocenters. The summed E-state index contributed by atoms with van der Waals surface area (Å²) >= 11 is 0. The number of rotatable bonds is 0. The summed E-state index contributed by atoms with van der Waals surface area (Å²) in [5, 5.41) is 0.